The van der Waals surface area contributed by atoms with Crippen LogP contribution < -0.4 is 5.32 Å². The van der Waals surface area contributed by atoms with Gasteiger partial charge in [-0.2, -0.15) is 5.26 Å². The van der Waals surface area contributed by atoms with E-state index in [2.05, 4.69) is 27.3 Å². The summed E-state index contributed by atoms with van der Waals surface area (Å²) in [6, 6.07) is 15.2. The summed E-state index contributed by atoms with van der Waals surface area (Å²) < 4.78 is 0.785. The average molecular weight is 384 g/mol. The SMILES string of the molecule is CCC(C#N)(Nc1ccc(Cl)c(Br)c1)c1ccc(Cl)cc1. The lowest BCUT2D eigenvalue weighted by Crippen LogP contribution is -2.33. The van der Waals surface area contributed by atoms with Gasteiger partial charge >= 0.3 is 0 Å². The van der Waals surface area contributed by atoms with Crippen LogP contribution in [0.15, 0.2) is 46.9 Å². The van der Waals surface area contributed by atoms with Crippen LogP contribution in [0.25, 0.3) is 0 Å². The first-order valence-corrected chi connectivity index (χ1v) is 7.96. The Morgan fingerprint density at radius 3 is 2.38 bits per heavy atom. The Kier molecular flexibility index (Phi) is 5.16. The zero-order valence-corrected chi connectivity index (χ0v) is 14.4. The number of nitriles is 1. The molecule has 0 fully saturated rings. The first-order valence-electron chi connectivity index (χ1n) is 6.41. The molecule has 2 rings (SSSR count). The van der Waals surface area contributed by atoms with Gasteiger partial charge in [-0.05, 0) is 58.2 Å². The Hall–Kier alpha value is -1.21. The highest BCUT2D eigenvalue weighted by atomic mass is 79.9. The van der Waals surface area contributed by atoms with Gasteiger partial charge in [-0.1, -0.05) is 42.3 Å². The lowest BCUT2D eigenvalue weighted by atomic mass is 9.88. The van der Waals surface area contributed by atoms with E-state index < -0.39 is 5.54 Å². The second-order valence-electron chi connectivity index (χ2n) is 4.63. The fourth-order valence-electron chi connectivity index (χ4n) is 2.09. The molecule has 5 heteroatoms. The van der Waals surface area contributed by atoms with E-state index in [0.29, 0.717) is 16.5 Å². The molecule has 0 aromatic heterocycles. The summed E-state index contributed by atoms with van der Waals surface area (Å²) in [4.78, 5) is 0. The van der Waals surface area contributed by atoms with Gasteiger partial charge in [0, 0.05) is 15.2 Å². The third kappa shape index (κ3) is 3.52. The quantitative estimate of drug-likeness (QED) is 0.702. The molecule has 2 aromatic carbocycles. The highest BCUT2D eigenvalue weighted by Crippen LogP contribution is 2.33. The van der Waals surface area contributed by atoms with Crippen LogP contribution in [-0.4, -0.2) is 0 Å². The van der Waals surface area contributed by atoms with Crippen LogP contribution in [0.3, 0.4) is 0 Å². The molecule has 0 bridgehead atoms. The van der Waals surface area contributed by atoms with Crippen molar-refractivity contribution in [2.24, 2.45) is 0 Å². The van der Waals surface area contributed by atoms with Gasteiger partial charge in [0.25, 0.3) is 0 Å². The first-order chi connectivity index (χ1) is 10.0. The van der Waals surface area contributed by atoms with Crippen molar-refractivity contribution in [3.8, 4) is 6.07 Å². The van der Waals surface area contributed by atoms with Gasteiger partial charge in [-0.15, -0.1) is 0 Å². The number of halogens is 3. The molecule has 0 aliphatic heterocycles. The predicted octanol–water partition coefficient (Wildman–Crippen LogP) is 6.00. The number of hydrogen-bond donors (Lipinski definition) is 1. The van der Waals surface area contributed by atoms with Gasteiger partial charge in [-0.25, -0.2) is 0 Å². The number of nitrogens with zero attached hydrogens (tertiary/aromatic N) is 1. The van der Waals surface area contributed by atoms with Crippen LogP contribution in [0.5, 0.6) is 0 Å². The van der Waals surface area contributed by atoms with Crippen LogP contribution in [0.2, 0.25) is 10.0 Å². The van der Waals surface area contributed by atoms with E-state index in [1.807, 2.05) is 31.2 Å². The molecule has 21 heavy (non-hydrogen) atoms. The average Bonchev–Trinajstić information content (AvgIpc) is 2.49. The van der Waals surface area contributed by atoms with E-state index in [1.54, 1.807) is 18.2 Å². The summed E-state index contributed by atoms with van der Waals surface area (Å²) in [5.41, 5.74) is 0.894. The van der Waals surface area contributed by atoms with Gasteiger partial charge < -0.3 is 5.32 Å². The highest BCUT2D eigenvalue weighted by Gasteiger charge is 2.30. The van der Waals surface area contributed by atoms with Gasteiger partial charge in [0.1, 0.15) is 0 Å². The number of rotatable bonds is 4. The van der Waals surface area contributed by atoms with Crippen LogP contribution in [0.4, 0.5) is 5.69 Å². The normalized spacial score (nSPS) is 13.3. The number of benzene rings is 2. The molecule has 1 unspecified atom stereocenters. The number of anilines is 1. The Morgan fingerprint density at radius 1 is 1.19 bits per heavy atom. The summed E-state index contributed by atoms with van der Waals surface area (Å²) in [5.74, 6) is 0. The van der Waals surface area contributed by atoms with E-state index >= 15 is 0 Å². The minimum Gasteiger partial charge on any atom is -0.364 e. The molecule has 0 radical (unpaired) electrons. The van der Waals surface area contributed by atoms with Gasteiger partial charge in [-0.3, -0.25) is 0 Å². The lowest BCUT2D eigenvalue weighted by Gasteiger charge is -2.28. The molecule has 0 saturated heterocycles. The molecule has 1 atom stereocenters. The summed E-state index contributed by atoms with van der Waals surface area (Å²) in [6.07, 6.45) is 0.616. The topological polar surface area (TPSA) is 35.8 Å². The third-order valence-corrected chi connectivity index (χ3v) is 4.80. The summed E-state index contributed by atoms with van der Waals surface area (Å²) >= 11 is 15.3. The van der Waals surface area contributed by atoms with Gasteiger partial charge in [0.05, 0.1) is 11.1 Å². The van der Waals surface area contributed by atoms with Crippen LogP contribution in [0, 0.1) is 11.3 Å². The molecule has 2 nitrogen and oxygen atoms in total. The standard InChI is InChI=1S/C16H13BrCl2N2/c1-2-16(10-20,11-3-5-12(18)6-4-11)21-13-7-8-15(19)14(17)9-13/h3-9,21H,2H2,1H3. The monoisotopic (exact) mass is 382 g/mol. The maximum absolute atomic E-state index is 9.70. The number of nitrogens with one attached hydrogen (secondary N) is 1. The van der Waals surface area contributed by atoms with Crippen molar-refractivity contribution in [3.05, 3.63) is 62.5 Å². The maximum Gasteiger partial charge on any atom is 0.150 e. The Labute approximate surface area is 142 Å². The molecule has 0 amide bonds. The summed E-state index contributed by atoms with van der Waals surface area (Å²) in [5, 5.41) is 14.3. The molecular formula is C16H13BrCl2N2. The molecule has 1 N–H and O–H groups in total. The van der Waals surface area contributed by atoms with E-state index in [-0.39, 0.29) is 0 Å². The first kappa shape index (κ1) is 16.2. The van der Waals surface area contributed by atoms with Crippen molar-refractivity contribution >= 4 is 44.8 Å². The molecule has 0 aliphatic rings. The predicted molar refractivity (Wildman–Crippen MR) is 91.8 cm³/mol. The van der Waals surface area contributed by atoms with E-state index in [0.717, 1.165) is 15.7 Å². The van der Waals surface area contributed by atoms with Crippen LogP contribution in [-0.2, 0) is 5.54 Å². The molecular weight excluding hydrogens is 371 g/mol. The van der Waals surface area contributed by atoms with Gasteiger partial charge in [0.15, 0.2) is 5.54 Å². The van der Waals surface area contributed by atoms with Crippen molar-refractivity contribution < 1.29 is 0 Å². The maximum atomic E-state index is 9.70. The second kappa shape index (κ2) is 6.70. The largest absolute Gasteiger partial charge is 0.364 e. The molecule has 0 saturated carbocycles. The Bertz CT molecular complexity index is 680. The van der Waals surface area contributed by atoms with Crippen LogP contribution >= 0.6 is 39.1 Å². The fourth-order valence-corrected chi connectivity index (χ4v) is 2.71. The van der Waals surface area contributed by atoms with Crippen molar-refractivity contribution in [2.45, 2.75) is 18.9 Å². The van der Waals surface area contributed by atoms with Crippen molar-refractivity contribution in [3.63, 3.8) is 0 Å². The molecule has 0 aliphatic carbocycles. The van der Waals surface area contributed by atoms with Crippen LogP contribution in [0.1, 0.15) is 18.9 Å². The fraction of sp³-hybridized carbons (Fsp3) is 0.188. The molecule has 2 aromatic rings. The van der Waals surface area contributed by atoms with Gasteiger partial charge in [0.2, 0.25) is 0 Å². The Morgan fingerprint density at radius 2 is 1.86 bits per heavy atom. The second-order valence-corrected chi connectivity index (χ2v) is 6.33. The minimum atomic E-state index is -0.808. The summed E-state index contributed by atoms with van der Waals surface area (Å²) in [6.45, 7) is 1.97. The number of hydrogen-bond acceptors (Lipinski definition) is 2. The molecule has 0 heterocycles. The molecule has 0 spiro atoms. The lowest BCUT2D eigenvalue weighted by molar-refractivity contribution is 0.604. The summed E-state index contributed by atoms with van der Waals surface area (Å²) in [7, 11) is 0. The zero-order valence-electron chi connectivity index (χ0n) is 11.3. The smallest absolute Gasteiger partial charge is 0.150 e. The minimum absolute atomic E-state index is 0.616. The highest BCUT2D eigenvalue weighted by molar-refractivity contribution is 9.10. The van der Waals surface area contributed by atoms with Crippen molar-refractivity contribution in [1.82, 2.24) is 0 Å². The Balaban J connectivity index is 2.40. The van der Waals surface area contributed by atoms with E-state index in [9.17, 15) is 5.26 Å². The van der Waals surface area contributed by atoms with Crippen molar-refractivity contribution in [1.29, 1.82) is 5.26 Å². The third-order valence-electron chi connectivity index (χ3n) is 3.34. The molecule has 108 valence electrons. The van der Waals surface area contributed by atoms with E-state index in [4.69, 9.17) is 23.2 Å². The zero-order chi connectivity index (χ0) is 15.5. The van der Waals surface area contributed by atoms with E-state index in [1.165, 1.54) is 0 Å². The van der Waals surface area contributed by atoms with Crippen molar-refractivity contribution in [2.75, 3.05) is 5.32 Å².